The number of hydrogen-bond acceptors (Lipinski definition) is 4. The minimum atomic E-state index is -0.415. The number of fused-ring (bicyclic) bond motifs is 2. The minimum absolute atomic E-state index is 0.0414. The van der Waals surface area contributed by atoms with E-state index in [1.165, 1.54) is 6.08 Å². The Morgan fingerprint density at radius 2 is 2.05 bits per heavy atom. The molecule has 2 fully saturated rings. The van der Waals surface area contributed by atoms with E-state index in [1.807, 2.05) is 6.92 Å². The molecule has 4 unspecified atom stereocenters. The maximum atomic E-state index is 12.4. The third-order valence-corrected chi connectivity index (χ3v) is 5.64. The molecule has 20 heavy (non-hydrogen) atoms. The summed E-state index contributed by atoms with van der Waals surface area (Å²) in [7, 11) is 0. The molecule has 0 bridgehead atoms. The zero-order valence-electron chi connectivity index (χ0n) is 11.8. The lowest BCUT2D eigenvalue weighted by molar-refractivity contribution is -0.148. The highest BCUT2D eigenvalue weighted by Crippen LogP contribution is 2.62. The molecule has 2 aliphatic carbocycles. The predicted molar refractivity (Wildman–Crippen MR) is 70.6 cm³/mol. The molecule has 1 saturated carbocycles. The van der Waals surface area contributed by atoms with E-state index in [0.717, 1.165) is 30.4 Å². The molecule has 2 heterocycles. The summed E-state index contributed by atoms with van der Waals surface area (Å²) >= 11 is 0. The molecule has 106 valence electrons. The number of allylic oxidation sites excluding steroid dienone is 1. The Bertz CT molecular complexity index is 587. The van der Waals surface area contributed by atoms with E-state index in [0.29, 0.717) is 6.61 Å². The first kappa shape index (κ1) is 12.2. The third kappa shape index (κ3) is 1.32. The molecule has 4 nitrogen and oxygen atoms in total. The van der Waals surface area contributed by atoms with Gasteiger partial charge in [-0.25, -0.2) is 4.79 Å². The van der Waals surface area contributed by atoms with Crippen LogP contribution in [-0.4, -0.2) is 24.6 Å². The third-order valence-electron chi connectivity index (χ3n) is 5.64. The number of hydrogen-bond donors (Lipinski definition) is 0. The van der Waals surface area contributed by atoms with Gasteiger partial charge in [-0.05, 0) is 30.8 Å². The lowest BCUT2D eigenvalue weighted by Gasteiger charge is -2.49. The van der Waals surface area contributed by atoms with Gasteiger partial charge in [-0.2, -0.15) is 0 Å². The van der Waals surface area contributed by atoms with Crippen molar-refractivity contribution in [3.63, 3.8) is 0 Å². The number of carbonyl (C=O) groups is 2. The molecular weight excluding hydrogens is 256 g/mol. The van der Waals surface area contributed by atoms with Gasteiger partial charge < -0.3 is 9.47 Å². The second-order valence-electron chi connectivity index (χ2n) is 6.96. The van der Waals surface area contributed by atoms with Crippen molar-refractivity contribution in [2.45, 2.75) is 39.2 Å². The van der Waals surface area contributed by atoms with Gasteiger partial charge in [0.1, 0.15) is 12.7 Å². The Morgan fingerprint density at radius 3 is 2.85 bits per heavy atom. The quantitative estimate of drug-likeness (QED) is 0.635. The number of rotatable bonds is 0. The van der Waals surface area contributed by atoms with Gasteiger partial charge in [0, 0.05) is 17.6 Å². The number of carbonyl (C=O) groups excluding carboxylic acids is 2. The van der Waals surface area contributed by atoms with Crippen molar-refractivity contribution in [3.05, 3.63) is 23.3 Å². The Labute approximate surface area is 117 Å². The van der Waals surface area contributed by atoms with Crippen LogP contribution in [0.4, 0.5) is 0 Å². The molecule has 4 heteroatoms. The van der Waals surface area contributed by atoms with Crippen molar-refractivity contribution in [1.82, 2.24) is 0 Å². The summed E-state index contributed by atoms with van der Waals surface area (Å²) < 4.78 is 10.8. The first-order valence-electron chi connectivity index (χ1n) is 7.26. The second kappa shape index (κ2) is 3.54. The highest BCUT2D eigenvalue weighted by molar-refractivity contribution is 5.87. The summed E-state index contributed by atoms with van der Waals surface area (Å²) in [6.07, 6.45) is 6.44. The Hall–Kier alpha value is -1.58. The van der Waals surface area contributed by atoms with Gasteiger partial charge in [0.2, 0.25) is 0 Å². The van der Waals surface area contributed by atoms with Gasteiger partial charge in [0.15, 0.2) is 0 Å². The van der Waals surface area contributed by atoms with Crippen LogP contribution in [0.1, 0.15) is 33.1 Å². The van der Waals surface area contributed by atoms with E-state index < -0.39 is 5.41 Å². The monoisotopic (exact) mass is 274 g/mol. The average molecular weight is 274 g/mol. The van der Waals surface area contributed by atoms with E-state index in [4.69, 9.17) is 9.47 Å². The van der Waals surface area contributed by atoms with Gasteiger partial charge in [-0.1, -0.05) is 19.4 Å². The molecule has 0 aromatic rings. The molecule has 4 rings (SSSR count). The lowest BCUT2D eigenvalue weighted by atomic mass is 9.52. The summed E-state index contributed by atoms with van der Waals surface area (Å²) in [6.45, 7) is 4.54. The van der Waals surface area contributed by atoms with Crippen LogP contribution in [0.5, 0.6) is 0 Å². The van der Waals surface area contributed by atoms with Gasteiger partial charge in [-0.15, -0.1) is 0 Å². The fourth-order valence-electron chi connectivity index (χ4n) is 4.79. The molecule has 4 aliphatic rings. The van der Waals surface area contributed by atoms with E-state index >= 15 is 0 Å². The van der Waals surface area contributed by atoms with Gasteiger partial charge in [-0.3, -0.25) is 4.79 Å². The van der Waals surface area contributed by atoms with Crippen molar-refractivity contribution in [1.29, 1.82) is 0 Å². The van der Waals surface area contributed by atoms with Crippen molar-refractivity contribution in [2.24, 2.45) is 16.7 Å². The fraction of sp³-hybridized carbons (Fsp3) is 0.625. The van der Waals surface area contributed by atoms with E-state index in [1.54, 1.807) is 0 Å². The zero-order valence-corrected chi connectivity index (χ0v) is 11.8. The maximum Gasteiger partial charge on any atom is 0.331 e. The minimum Gasteiger partial charge on any atom is -0.458 e. The Morgan fingerprint density at radius 1 is 1.25 bits per heavy atom. The number of esters is 2. The second-order valence-corrected chi connectivity index (χ2v) is 6.96. The van der Waals surface area contributed by atoms with Crippen molar-refractivity contribution in [2.75, 3.05) is 6.61 Å². The summed E-state index contributed by atoms with van der Waals surface area (Å²) in [5.74, 6) is -0.300. The molecule has 0 aromatic carbocycles. The van der Waals surface area contributed by atoms with Crippen LogP contribution >= 0.6 is 0 Å². The first-order chi connectivity index (χ1) is 9.44. The Kier molecular flexibility index (Phi) is 2.16. The molecule has 0 N–H and O–H groups in total. The van der Waals surface area contributed by atoms with E-state index in [-0.39, 0.29) is 29.4 Å². The fourth-order valence-corrected chi connectivity index (χ4v) is 4.79. The van der Waals surface area contributed by atoms with Crippen LogP contribution < -0.4 is 0 Å². The van der Waals surface area contributed by atoms with Crippen LogP contribution in [0, 0.1) is 16.7 Å². The van der Waals surface area contributed by atoms with E-state index in [2.05, 4.69) is 13.0 Å². The smallest absolute Gasteiger partial charge is 0.331 e. The summed E-state index contributed by atoms with van der Waals surface area (Å²) in [5, 5.41) is 0. The normalized spacial score (nSPS) is 45.7. The van der Waals surface area contributed by atoms with Crippen LogP contribution in [0.25, 0.3) is 0 Å². The number of ether oxygens (including phenoxy) is 2. The first-order valence-corrected chi connectivity index (χ1v) is 7.26. The van der Waals surface area contributed by atoms with Crippen molar-refractivity contribution < 1.29 is 19.1 Å². The van der Waals surface area contributed by atoms with Crippen LogP contribution in [-0.2, 0) is 19.1 Å². The van der Waals surface area contributed by atoms with Gasteiger partial charge in [0.05, 0.1) is 5.41 Å². The van der Waals surface area contributed by atoms with E-state index in [9.17, 15) is 9.59 Å². The van der Waals surface area contributed by atoms with Gasteiger partial charge in [0.25, 0.3) is 0 Å². The highest BCUT2D eigenvalue weighted by Gasteiger charge is 2.64. The zero-order chi connectivity index (χ0) is 14.1. The molecule has 4 atom stereocenters. The van der Waals surface area contributed by atoms with Gasteiger partial charge >= 0.3 is 11.9 Å². The SMILES string of the molecule is CC12C=C3COC(=O)C=C3C3OC(=O)C(C)(CCC1)C32. The highest BCUT2D eigenvalue weighted by atomic mass is 16.6. The van der Waals surface area contributed by atoms with Crippen LogP contribution in [0.2, 0.25) is 0 Å². The summed E-state index contributed by atoms with van der Waals surface area (Å²) in [5.41, 5.74) is 1.43. The van der Waals surface area contributed by atoms with Crippen LogP contribution in [0.15, 0.2) is 23.3 Å². The Balaban J connectivity index is 1.92. The molecular formula is C16H18O4. The summed E-state index contributed by atoms with van der Waals surface area (Å²) in [4.78, 5) is 23.9. The predicted octanol–water partition coefficient (Wildman–Crippen LogP) is 2.15. The summed E-state index contributed by atoms with van der Waals surface area (Å²) in [6, 6.07) is 0. The molecule has 0 amide bonds. The average Bonchev–Trinajstić information content (AvgIpc) is 2.65. The lowest BCUT2D eigenvalue weighted by Crippen LogP contribution is -2.49. The maximum absolute atomic E-state index is 12.4. The topological polar surface area (TPSA) is 52.6 Å². The van der Waals surface area contributed by atoms with Crippen molar-refractivity contribution >= 4 is 11.9 Å². The van der Waals surface area contributed by atoms with Crippen LogP contribution in [0.3, 0.4) is 0 Å². The standard InChI is InChI=1S/C16H18O4/c1-15-4-3-5-16(2)13(15)12(20-14(16)18)10-6-11(17)19-8-9(10)7-15/h6-7,12-13H,3-5,8H2,1-2H3. The molecule has 0 spiro atoms. The molecule has 0 aromatic heterocycles. The molecule has 1 saturated heterocycles. The molecule has 2 aliphatic heterocycles. The number of cyclic esters (lactones) is 1. The van der Waals surface area contributed by atoms with Crippen molar-refractivity contribution in [3.8, 4) is 0 Å². The molecule has 0 radical (unpaired) electrons. The largest absolute Gasteiger partial charge is 0.458 e.